The van der Waals surface area contributed by atoms with Gasteiger partial charge in [0.1, 0.15) is 5.75 Å². The van der Waals surface area contributed by atoms with Gasteiger partial charge in [-0.15, -0.1) is 0 Å². The Hall–Kier alpha value is -0.730. The Morgan fingerprint density at radius 1 is 1.22 bits per heavy atom. The lowest BCUT2D eigenvalue weighted by atomic mass is 10.2. The number of ether oxygens (including phenoxy) is 1. The number of nitrogens with one attached hydrogen (secondary N) is 1. The Bertz CT molecular complexity index is 352. The Morgan fingerprint density at radius 3 is 2.67 bits per heavy atom. The van der Waals surface area contributed by atoms with E-state index in [1.807, 2.05) is 25.1 Å². The van der Waals surface area contributed by atoms with Gasteiger partial charge in [-0.25, -0.2) is 0 Å². The Balaban J connectivity index is 2.09. The molecular formula is C15H24ClNO. The smallest absolute Gasteiger partial charge is 0.119 e. The van der Waals surface area contributed by atoms with Gasteiger partial charge in [-0.05, 0) is 56.5 Å². The van der Waals surface area contributed by atoms with E-state index in [1.165, 1.54) is 12.8 Å². The minimum atomic E-state index is 0.582. The second-order valence-corrected chi connectivity index (χ2v) is 5.34. The molecule has 0 bridgehead atoms. The Morgan fingerprint density at radius 2 is 2.00 bits per heavy atom. The highest BCUT2D eigenvalue weighted by Crippen LogP contribution is 2.21. The van der Waals surface area contributed by atoms with Gasteiger partial charge in [0.2, 0.25) is 0 Å². The molecule has 0 atom stereocenters. The van der Waals surface area contributed by atoms with Crippen LogP contribution in [0.25, 0.3) is 0 Å². The first-order valence-electron chi connectivity index (χ1n) is 6.72. The predicted octanol–water partition coefficient (Wildman–Crippen LogP) is 4.20. The lowest BCUT2D eigenvalue weighted by Gasteiger charge is -2.09. The van der Waals surface area contributed by atoms with E-state index >= 15 is 0 Å². The van der Waals surface area contributed by atoms with Crippen molar-refractivity contribution in [3.63, 3.8) is 0 Å². The molecule has 3 heteroatoms. The van der Waals surface area contributed by atoms with Crippen LogP contribution in [0.4, 0.5) is 0 Å². The van der Waals surface area contributed by atoms with Crippen molar-refractivity contribution in [3.05, 3.63) is 28.8 Å². The third-order valence-electron chi connectivity index (χ3n) is 2.77. The number of benzene rings is 1. The molecule has 18 heavy (non-hydrogen) atoms. The lowest BCUT2D eigenvalue weighted by molar-refractivity contribution is 0.304. The van der Waals surface area contributed by atoms with Gasteiger partial charge in [-0.1, -0.05) is 25.4 Å². The van der Waals surface area contributed by atoms with Crippen LogP contribution >= 0.6 is 11.6 Å². The van der Waals surface area contributed by atoms with Crippen LogP contribution in [-0.2, 0) is 0 Å². The van der Waals surface area contributed by atoms with Crippen LogP contribution in [0, 0.1) is 6.92 Å². The predicted molar refractivity (Wildman–Crippen MR) is 78.7 cm³/mol. The van der Waals surface area contributed by atoms with Gasteiger partial charge in [0.25, 0.3) is 0 Å². The molecular weight excluding hydrogens is 246 g/mol. The van der Waals surface area contributed by atoms with E-state index in [2.05, 4.69) is 19.2 Å². The van der Waals surface area contributed by atoms with E-state index < -0.39 is 0 Å². The molecule has 1 aromatic carbocycles. The number of halogens is 1. The number of hydrogen-bond donors (Lipinski definition) is 1. The van der Waals surface area contributed by atoms with Crippen molar-refractivity contribution in [2.24, 2.45) is 0 Å². The first kappa shape index (κ1) is 15.3. The molecule has 0 saturated heterocycles. The SMILES string of the molecule is Cc1cc(OCCCCCNC(C)C)ccc1Cl. The van der Waals surface area contributed by atoms with E-state index in [1.54, 1.807) is 0 Å². The summed E-state index contributed by atoms with van der Waals surface area (Å²) in [5, 5.41) is 4.21. The molecule has 0 unspecified atom stereocenters. The van der Waals surface area contributed by atoms with Gasteiger partial charge in [-0.2, -0.15) is 0 Å². The van der Waals surface area contributed by atoms with Crippen molar-refractivity contribution in [2.75, 3.05) is 13.2 Å². The molecule has 1 N–H and O–H groups in total. The van der Waals surface area contributed by atoms with Crippen molar-refractivity contribution < 1.29 is 4.74 Å². The lowest BCUT2D eigenvalue weighted by Crippen LogP contribution is -2.23. The fourth-order valence-electron chi connectivity index (χ4n) is 1.69. The van der Waals surface area contributed by atoms with Gasteiger partial charge in [0.15, 0.2) is 0 Å². The van der Waals surface area contributed by atoms with Crippen molar-refractivity contribution in [3.8, 4) is 5.75 Å². The van der Waals surface area contributed by atoms with Crippen molar-refractivity contribution >= 4 is 11.6 Å². The molecule has 0 radical (unpaired) electrons. The van der Waals surface area contributed by atoms with Gasteiger partial charge in [0.05, 0.1) is 6.61 Å². The molecule has 0 aliphatic heterocycles. The van der Waals surface area contributed by atoms with Crippen molar-refractivity contribution in [1.82, 2.24) is 5.32 Å². The maximum atomic E-state index is 5.96. The minimum absolute atomic E-state index is 0.582. The van der Waals surface area contributed by atoms with Crippen molar-refractivity contribution in [1.29, 1.82) is 0 Å². The summed E-state index contributed by atoms with van der Waals surface area (Å²) in [4.78, 5) is 0. The molecule has 0 aliphatic carbocycles. The fraction of sp³-hybridized carbons (Fsp3) is 0.600. The number of aryl methyl sites for hydroxylation is 1. The average Bonchev–Trinajstić information content (AvgIpc) is 2.32. The zero-order valence-electron chi connectivity index (χ0n) is 11.6. The second-order valence-electron chi connectivity index (χ2n) is 4.93. The summed E-state index contributed by atoms with van der Waals surface area (Å²) >= 11 is 5.96. The molecule has 0 aliphatic rings. The molecule has 0 aromatic heterocycles. The Kier molecular flexibility index (Phi) is 7.14. The molecule has 0 fully saturated rings. The van der Waals surface area contributed by atoms with Crippen molar-refractivity contribution in [2.45, 2.75) is 46.1 Å². The molecule has 0 amide bonds. The maximum Gasteiger partial charge on any atom is 0.119 e. The molecule has 0 heterocycles. The molecule has 102 valence electrons. The quantitative estimate of drug-likeness (QED) is 0.715. The van der Waals surface area contributed by atoms with Crippen LogP contribution in [0.2, 0.25) is 5.02 Å². The molecule has 2 nitrogen and oxygen atoms in total. The largest absolute Gasteiger partial charge is 0.494 e. The molecule has 1 rings (SSSR count). The topological polar surface area (TPSA) is 21.3 Å². The zero-order valence-corrected chi connectivity index (χ0v) is 12.4. The van der Waals surface area contributed by atoms with E-state index in [-0.39, 0.29) is 0 Å². The highest BCUT2D eigenvalue weighted by atomic mass is 35.5. The van der Waals surface area contributed by atoms with Crippen LogP contribution in [0.15, 0.2) is 18.2 Å². The first-order valence-corrected chi connectivity index (χ1v) is 7.09. The summed E-state index contributed by atoms with van der Waals surface area (Å²) in [6.45, 7) is 8.21. The number of unbranched alkanes of at least 4 members (excludes halogenated alkanes) is 2. The van der Waals surface area contributed by atoms with Gasteiger partial charge < -0.3 is 10.1 Å². The average molecular weight is 270 g/mol. The van der Waals surface area contributed by atoms with Gasteiger partial charge >= 0.3 is 0 Å². The van der Waals surface area contributed by atoms with E-state index in [0.717, 1.165) is 35.9 Å². The highest BCUT2D eigenvalue weighted by Gasteiger charge is 1.98. The van der Waals surface area contributed by atoms with Gasteiger partial charge in [-0.3, -0.25) is 0 Å². The summed E-state index contributed by atoms with van der Waals surface area (Å²) in [6.07, 6.45) is 3.51. The van der Waals surface area contributed by atoms with E-state index in [9.17, 15) is 0 Å². The summed E-state index contributed by atoms with van der Waals surface area (Å²) in [5.74, 6) is 0.914. The van der Waals surface area contributed by atoms with Crippen LogP contribution in [-0.4, -0.2) is 19.2 Å². The van der Waals surface area contributed by atoms with E-state index in [4.69, 9.17) is 16.3 Å². The minimum Gasteiger partial charge on any atom is -0.494 e. The fourth-order valence-corrected chi connectivity index (χ4v) is 1.81. The summed E-state index contributed by atoms with van der Waals surface area (Å²) in [7, 11) is 0. The van der Waals surface area contributed by atoms with Crippen LogP contribution in [0.5, 0.6) is 5.75 Å². The van der Waals surface area contributed by atoms with Gasteiger partial charge in [0, 0.05) is 11.1 Å². The monoisotopic (exact) mass is 269 g/mol. The third kappa shape index (κ3) is 6.27. The first-order chi connectivity index (χ1) is 8.59. The third-order valence-corrected chi connectivity index (χ3v) is 3.20. The van der Waals surface area contributed by atoms with Crippen LogP contribution in [0.3, 0.4) is 0 Å². The number of rotatable bonds is 8. The molecule has 0 spiro atoms. The summed E-state index contributed by atoms with van der Waals surface area (Å²) in [6, 6.07) is 6.38. The number of hydrogen-bond acceptors (Lipinski definition) is 2. The van der Waals surface area contributed by atoms with Crippen LogP contribution < -0.4 is 10.1 Å². The highest BCUT2D eigenvalue weighted by molar-refractivity contribution is 6.31. The second kappa shape index (κ2) is 8.39. The normalized spacial score (nSPS) is 10.9. The summed E-state index contributed by atoms with van der Waals surface area (Å²) in [5.41, 5.74) is 1.07. The Labute approximate surface area is 116 Å². The van der Waals surface area contributed by atoms with Crippen LogP contribution in [0.1, 0.15) is 38.7 Å². The molecule has 1 aromatic rings. The summed E-state index contributed by atoms with van der Waals surface area (Å²) < 4.78 is 5.69. The molecule has 0 saturated carbocycles. The standard InChI is InChI=1S/C15H24ClNO/c1-12(2)17-9-5-4-6-10-18-14-7-8-15(16)13(3)11-14/h7-8,11-12,17H,4-6,9-10H2,1-3H3. The van der Waals surface area contributed by atoms with E-state index in [0.29, 0.717) is 6.04 Å². The maximum absolute atomic E-state index is 5.96. The zero-order chi connectivity index (χ0) is 13.4.